The van der Waals surface area contributed by atoms with Gasteiger partial charge in [0, 0.05) is 23.0 Å². The van der Waals surface area contributed by atoms with Crippen molar-refractivity contribution in [3.63, 3.8) is 0 Å². The number of esters is 1. The number of fused-ring (bicyclic) bond motifs is 5. The van der Waals surface area contributed by atoms with Gasteiger partial charge in [-0.25, -0.2) is 4.79 Å². The van der Waals surface area contributed by atoms with Crippen LogP contribution in [0, 0.1) is 38.7 Å². The van der Waals surface area contributed by atoms with Crippen LogP contribution in [-0.2, 0) is 14.3 Å². The number of benzene rings is 1. The quantitative estimate of drug-likeness (QED) is 0.367. The van der Waals surface area contributed by atoms with Gasteiger partial charge >= 0.3 is 5.97 Å². The van der Waals surface area contributed by atoms with E-state index in [0.29, 0.717) is 24.7 Å². The second kappa shape index (κ2) is 8.47. The van der Waals surface area contributed by atoms with Gasteiger partial charge in [0.15, 0.2) is 12.4 Å². The Labute approximate surface area is 209 Å². The Kier molecular flexibility index (Phi) is 5.78. The number of nitrogens with zero attached hydrogens (tertiary/aromatic N) is 1. The predicted molar refractivity (Wildman–Crippen MR) is 130 cm³/mol. The number of aliphatic hydroxyl groups is 1. The summed E-state index contributed by atoms with van der Waals surface area (Å²) in [5.74, 6) is -0.341. The number of allylic oxidation sites excluding steroid dienone is 4. The molecule has 1 N–H and O–H groups in total. The first-order valence-corrected chi connectivity index (χ1v) is 12.6. The highest BCUT2D eigenvalue weighted by Gasteiger charge is 2.66. The molecule has 0 spiro atoms. The molecule has 3 saturated carbocycles. The second-order valence-corrected chi connectivity index (χ2v) is 11.3. The molecule has 3 fully saturated rings. The van der Waals surface area contributed by atoms with Gasteiger partial charge in [0.1, 0.15) is 5.60 Å². The van der Waals surface area contributed by atoms with Crippen molar-refractivity contribution in [3.8, 4) is 0 Å². The molecule has 1 aromatic rings. The first-order chi connectivity index (χ1) is 17.0. The number of hydrogen-bond acceptors (Lipinski definition) is 7. The lowest BCUT2D eigenvalue weighted by molar-refractivity contribution is -0.384. The molecule has 36 heavy (non-hydrogen) atoms. The van der Waals surface area contributed by atoms with Gasteiger partial charge < -0.3 is 9.84 Å². The molecule has 0 aliphatic heterocycles. The first kappa shape index (κ1) is 24.6. The molecular weight excluding hydrogens is 462 g/mol. The molecule has 0 heterocycles. The Morgan fingerprint density at radius 1 is 1.11 bits per heavy atom. The van der Waals surface area contributed by atoms with Crippen molar-refractivity contribution in [2.24, 2.45) is 28.6 Å². The highest BCUT2D eigenvalue weighted by molar-refractivity contribution is 6.01. The van der Waals surface area contributed by atoms with Gasteiger partial charge in [0.25, 0.3) is 5.69 Å². The maximum Gasteiger partial charge on any atom is 0.338 e. The largest absolute Gasteiger partial charge is 0.454 e. The number of nitro groups is 1. The molecule has 4 aliphatic rings. The fourth-order valence-electron chi connectivity index (χ4n) is 7.72. The van der Waals surface area contributed by atoms with E-state index >= 15 is 0 Å². The predicted octanol–water partition coefficient (Wildman–Crippen LogP) is 4.36. The van der Waals surface area contributed by atoms with Crippen LogP contribution in [0.4, 0.5) is 5.69 Å². The van der Waals surface area contributed by atoms with Crippen LogP contribution < -0.4 is 0 Å². The Morgan fingerprint density at radius 2 is 1.81 bits per heavy atom. The summed E-state index contributed by atoms with van der Waals surface area (Å²) in [5.41, 5.74) is -1.20. The normalized spacial score (nSPS) is 36.8. The van der Waals surface area contributed by atoms with E-state index in [2.05, 4.69) is 13.0 Å². The van der Waals surface area contributed by atoms with Crippen LogP contribution in [-0.4, -0.2) is 39.8 Å². The van der Waals surface area contributed by atoms with Gasteiger partial charge in [-0.15, -0.1) is 0 Å². The van der Waals surface area contributed by atoms with Gasteiger partial charge in [-0.1, -0.05) is 25.5 Å². The molecule has 0 amide bonds. The number of rotatable bonds is 5. The third kappa shape index (κ3) is 3.57. The van der Waals surface area contributed by atoms with Gasteiger partial charge in [0.05, 0.1) is 10.5 Å². The second-order valence-electron chi connectivity index (χ2n) is 11.3. The zero-order valence-electron chi connectivity index (χ0n) is 20.6. The summed E-state index contributed by atoms with van der Waals surface area (Å²) < 4.78 is 5.23. The maximum absolute atomic E-state index is 13.3. The van der Waals surface area contributed by atoms with Gasteiger partial charge in [-0.2, -0.15) is 0 Å². The molecular formula is C28H31NO7. The van der Waals surface area contributed by atoms with Crippen LogP contribution in [0.3, 0.4) is 0 Å². The van der Waals surface area contributed by atoms with Crippen molar-refractivity contribution in [1.29, 1.82) is 0 Å². The molecule has 1 aromatic carbocycles. The van der Waals surface area contributed by atoms with Gasteiger partial charge in [-0.3, -0.25) is 19.7 Å². The van der Waals surface area contributed by atoms with Crippen LogP contribution in [0.1, 0.15) is 62.7 Å². The maximum atomic E-state index is 13.3. The lowest BCUT2D eigenvalue weighted by Crippen LogP contribution is -2.58. The Balaban J connectivity index is 1.30. The monoisotopic (exact) mass is 493 g/mol. The van der Waals surface area contributed by atoms with E-state index in [0.717, 1.165) is 25.7 Å². The van der Waals surface area contributed by atoms with Crippen LogP contribution in [0.25, 0.3) is 0 Å². The highest BCUT2D eigenvalue weighted by Crippen LogP contribution is 2.67. The average molecular weight is 494 g/mol. The van der Waals surface area contributed by atoms with Crippen LogP contribution in [0.2, 0.25) is 0 Å². The third-order valence-electron chi connectivity index (χ3n) is 9.82. The van der Waals surface area contributed by atoms with Crippen molar-refractivity contribution < 1.29 is 29.2 Å². The summed E-state index contributed by atoms with van der Waals surface area (Å²) in [7, 11) is 0. The van der Waals surface area contributed by atoms with Gasteiger partial charge in [-0.05, 0) is 80.6 Å². The van der Waals surface area contributed by atoms with E-state index in [1.54, 1.807) is 12.2 Å². The molecule has 8 heteroatoms. The average Bonchev–Trinajstić information content (AvgIpc) is 3.14. The molecule has 8 nitrogen and oxygen atoms in total. The fourth-order valence-corrected chi connectivity index (χ4v) is 7.72. The van der Waals surface area contributed by atoms with E-state index in [-0.39, 0.29) is 28.4 Å². The van der Waals surface area contributed by atoms with E-state index in [1.807, 2.05) is 6.92 Å². The topological polar surface area (TPSA) is 124 Å². The Hall–Kier alpha value is -3.13. The van der Waals surface area contributed by atoms with E-state index in [4.69, 9.17) is 4.74 Å². The van der Waals surface area contributed by atoms with Crippen molar-refractivity contribution in [2.45, 2.75) is 58.0 Å². The molecule has 4 aliphatic carbocycles. The number of carbonyl (C=O) groups is 3. The van der Waals surface area contributed by atoms with Crippen molar-refractivity contribution >= 4 is 23.2 Å². The molecule has 0 bridgehead atoms. The number of non-ortho nitro benzene ring substituents is 1. The molecule has 5 rings (SSSR count). The minimum absolute atomic E-state index is 0.0469. The summed E-state index contributed by atoms with van der Waals surface area (Å²) in [6.45, 7) is 3.67. The SMILES string of the molecule is C[C@]12C=CC(=O)C=C1CC[C@@H]1[C@@H]2CC[C@@]2(C)[C@H]1CC[C@@]2(O)C(=O)COC(=O)c1ccc([N+](=O)[O-])cc1. The van der Waals surface area contributed by atoms with Crippen LogP contribution in [0.5, 0.6) is 0 Å². The lowest BCUT2D eigenvalue weighted by atomic mass is 9.47. The van der Waals surface area contributed by atoms with Crippen molar-refractivity contribution in [3.05, 3.63) is 63.7 Å². The number of hydrogen-bond donors (Lipinski definition) is 1. The molecule has 0 unspecified atom stereocenters. The summed E-state index contributed by atoms with van der Waals surface area (Å²) >= 11 is 0. The lowest BCUT2D eigenvalue weighted by Gasteiger charge is -2.57. The minimum Gasteiger partial charge on any atom is -0.454 e. The molecule has 6 atom stereocenters. The Bertz CT molecular complexity index is 1200. The fraction of sp³-hybridized carbons (Fsp3) is 0.536. The summed E-state index contributed by atoms with van der Waals surface area (Å²) in [5, 5.41) is 22.5. The number of carbonyl (C=O) groups excluding carboxylic acids is 3. The molecule has 0 aromatic heterocycles. The summed E-state index contributed by atoms with van der Waals surface area (Å²) in [6.07, 6.45) is 9.91. The smallest absolute Gasteiger partial charge is 0.338 e. The van der Waals surface area contributed by atoms with E-state index in [9.17, 15) is 29.6 Å². The number of ketones is 2. The third-order valence-corrected chi connectivity index (χ3v) is 9.82. The van der Waals surface area contributed by atoms with Crippen molar-refractivity contribution in [1.82, 2.24) is 0 Å². The zero-order chi connectivity index (χ0) is 25.9. The van der Waals surface area contributed by atoms with Crippen LogP contribution in [0.15, 0.2) is 48.1 Å². The Morgan fingerprint density at radius 3 is 2.50 bits per heavy atom. The van der Waals surface area contributed by atoms with E-state index in [1.165, 1.54) is 29.8 Å². The number of Topliss-reactive ketones (excluding diaryl/α,β-unsaturated/α-hetero) is 1. The molecule has 0 radical (unpaired) electrons. The minimum atomic E-state index is -1.58. The zero-order valence-corrected chi connectivity index (χ0v) is 20.6. The van der Waals surface area contributed by atoms with Crippen molar-refractivity contribution in [2.75, 3.05) is 6.61 Å². The molecule has 190 valence electrons. The molecule has 0 saturated heterocycles. The number of ether oxygens (including phenoxy) is 1. The highest BCUT2D eigenvalue weighted by atomic mass is 16.6. The van der Waals surface area contributed by atoms with Crippen LogP contribution >= 0.6 is 0 Å². The summed E-state index contributed by atoms with van der Waals surface area (Å²) in [6, 6.07) is 4.98. The standard InChI is InChI=1S/C28H31NO7/c1-26-12-9-20(30)15-18(26)5-8-21-22(26)10-13-27(2)23(21)11-14-28(27,33)24(31)16-36-25(32)17-3-6-19(7-4-17)29(34)35/h3-4,6-7,9,12,15,21-23,33H,5,8,10-11,13-14,16H2,1-2H3/t21-,22+,23+,26+,27+,28-/m1/s1. The first-order valence-electron chi connectivity index (χ1n) is 12.6. The van der Waals surface area contributed by atoms with Gasteiger partial charge in [0.2, 0.25) is 5.78 Å². The summed E-state index contributed by atoms with van der Waals surface area (Å²) in [4.78, 5) is 48.0. The van der Waals surface area contributed by atoms with E-state index < -0.39 is 34.3 Å². The number of nitro benzene ring substituents is 1.